The average Bonchev–Trinajstić information content (AvgIpc) is 2.96. The van der Waals surface area contributed by atoms with Gasteiger partial charge >= 0.3 is 0 Å². The molecule has 6 nitrogen and oxygen atoms in total. The predicted octanol–water partition coefficient (Wildman–Crippen LogP) is 2.17. The zero-order valence-electron chi connectivity index (χ0n) is 11.9. The lowest BCUT2D eigenvalue weighted by Gasteiger charge is -2.06. The summed E-state index contributed by atoms with van der Waals surface area (Å²) in [5, 5.41) is 9.01. The normalized spacial score (nSPS) is 11.7. The predicted molar refractivity (Wildman–Crippen MR) is 83.1 cm³/mol. The summed E-state index contributed by atoms with van der Waals surface area (Å²) in [4.78, 5) is 0. The van der Waals surface area contributed by atoms with Crippen LogP contribution in [-0.2, 0) is 16.4 Å². The fourth-order valence-electron chi connectivity index (χ4n) is 1.79. The third-order valence-corrected chi connectivity index (χ3v) is 4.99. The first-order valence-electron chi connectivity index (χ1n) is 6.31. The minimum Gasteiger partial charge on any atom is -0.469 e. The number of hydrogen-bond donors (Lipinski definition) is 0. The first-order chi connectivity index (χ1) is 9.92. The SMILES string of the molecule is C=CCn1c(SCCS(C)(=O)=O)nnc1-c1ccoc1C. The molecule has 0 amide bonds. The van der Waals surface area contributed by atoms with Crippen molar-refractivity contribution >= 4 is 21.6 Å². The van der Waals surface area contributed by atoms with E-state index in [0.29, 0.717) is 23.3 Å². The van der Waals surface area contributed by atoms with Crippen LogP contribution in [0.2, 0.25) is 0 Å². The quantitative estimate of drug-likeness (QED) is 0.573. The van der Waals surface area contributed by atoms with E-state index < -0.39 is 9.84 Å². The summed E-state index contributed by atoms with van der Waals surface area (Å²) in [6.45, 7) is 6.15. The number of hydrogen-bond acceptors (Lipinski definition) is 6. The zero-order valence-corrected chi connectivity index (χ0v) is 13.6. The number of rotatable bonds is 7. The van der Waals surface area contributed by atoms with Gasteiger partial charge in [-0.3, -0.25) is 4.57 Å². The third-order valence-electron chi connectivity index (χ3n) is 2.81. The lowest BCUT2D eigenvalue weighted by molar-refractivity contribution is 0.534. The molecular formula is C13H17N3O3S2. The smallest absolute Gasteiger partial charge is 0.191 e. The third kappa shape index (κ3) is 3.98. The van der Waals surface area contributed by atoms with Crippen LogP contribution in [0.4, 0.5) is 0 Å². The maximum atomic E-state index is 11.2. The highest BCUT2D eigenvalue weighted by molar-refractivity contribution is 8.00. The van der Waals surface area contributed by atoms with Crippen LogP contribution in [0.5, 0.6) is 0 Å². The summed E-state index contributed by atoms with van der Waals surface area (Å²) in [7, 11) is -2.98. The van der Waals surface area contributed by atoms with E-state index in [1.165, 1.54) is 18.0 Å². The molecule has 0 aliphatic rings. The summed E-state index contributed by atoms with van der Waals surface area (Å²) < 4.78 is 29.6. The molecule has 0 aromatic carbocycles. The molecule has 2 aromatic rings. The zero-order chi connectivity index (χ0) is 15.5. The topological polar surface area (TPSA) is 78.0 Å². The minimum atomic E-state index is -2.98. The molecule has 8 heteroatoms. The van der Waals surface area contributed by atoms with Gasteiger partial charge in [-0.25, -0.2) is 8.42 Å². The molecule has 0 aliphatic heterocycles. The summed E-state index contributed by atoms with van der Waals surface area (Å²) >= 11 is 1.37. The first-order valence-corrected chi connectivity index (χ1v) is 9.36. The van der Waals surface area contributed by atoms with Crippen LogP contribution in [-0.4, -0.2) is 40.9 Å². The molecule has 0 saturated heterocycles. The first kappa shape index (κ1) is 15.8. The molecule has 2 rings (SSSR count). The van der Waals surface area contributed by atoms with Gasteiger partial charge in [0, 0.05) is 18.6 Å². The molecule has 21 heavy (non-hydrogen) atoms. The van der Waals surface area contributed by atoms with Gasteiger partial charge in [-0.1, -0.05) is 17.8 Å². The fourth-order valence-corrected chi connectivity index (χ4v) is 3.93. The summed E-state index contributed by atoms with van der Waals surface area (Å²) in [6, 6.07) is 1.84. The second-order valence-corrected chi connectivity index (χ2v) is 7.90. The lowest BCUT2D eigenvalue weighted by atomic mass is 10.2. The molecule has 0 N–H and O–H groups in total. The number of aromatic nitrogens is 3. The highest BCUT2D eigenvalue weighted by atomic mass is 32.2. The second kappa shape index (κ2) is 6.48. The Balaban J connectivity index is 2.25. The highest BCUT2D eigenvalue weighted by Crippen LogP contribution is 2.27. The van der Waals surface area contributed by atoms with E-state index in [2.05, 4.69) is 16.8 Å². The number of nitrogens with zero attached hydrogens (tertiary/aromatic N) is 3. The monoisotopic (exact) mass is 327 g/mol. The Kier molecular flexibility index (Phi) is 4.89. The van der Waals surface area contributed by atoms with Crippen LogP contribution < -0.4 is 0 Å². The molecule has 0 bridgehead atoms. The van der Waals surface area contributed by atoms with Crippen molar-refractivity contribution in [1.82, 2.24) is 14.8 Å². The lowest BCUT2D eigenvalue weighted by Crippen LogP contribution is -2.06. The van der Waals surface area contributed by atoms with E-state index in [-0.39, 0.29) is 5.75 Å². The van der Waals surface area contributed by atoms with Gasteiger partial charge in [0.25, 0.3) is 0 Å². The van der Waals surface area contributed by atoms with Crippen molar-refractivity contribution in [3.63, 3.8) is 0 Å². The van der Waals surface area contributed by atoms with Gasteiger partial charge in [-0.2, -0.15) is 0 Å². The maximum Gasteiger partial charge on any atom is 0.191 e. The summed E-state index contributed by atoms with van der Waals surface area (Å²) in [5.41, 5.74) is 0.874. The van der Waals surface area contributed by atoms with Crippen molar-refractivity contribution in [2.24, 2.45) is 0 Å². The molecule has 0 spiro atoms. The van der Waals surface area contributed by atoms with Gasteiger partial charge in [0.2, 0.25) is 0 Å². The molecule has 0 aliphatic carbocycles. The number of sulfone groups is 1. The van der Waals surface area contributed by atoms with Gasteiger partial charge < -0.3 is 4.42 Å². The van der Waals surface area contributed by atoms with Crippen LogP contribution >= 0.6 is 11.8 Å². The van der Waals surface area contributed by atoms with E-state index in [4.69, 9.17) is 4.42 Å². The van der Waals surface area contributed by atoms with Gasteiger partial charge in [0.15, 0.2) is 11.0 Å². The average molecular weight is 327 g/mol. The van der Waals surface area contributed by atoms with Crippen LogP contribution in [0.25, 0.3) is 11.4 Å². The second-order valence-electron chi connectivity index (χ2n) is 4.57. The van der Waals surface area contributed by atoms with Crippen LogP contribution in [0.1, 0.15) is 5.76 Å². The van der Waals surface area contributed by atoms with E-state index >= 15 is 0 Å². The number of aryl methyl sites for hydroxylation is 1. The molecule has 0 radical (unpaired) electrons. The van der Waals surface area contributed by atoms with Crippen molar-refractivity contribution in [2.45, 2.75) is 18.6 Å². The Labute approximate surface area is 128 Å². The largest absolute Gasteiger partial charge is 0.469 e. The number of allylic oxidation sites excluding steroid dienone is 1. The molecule has 0 atom stereocenters. The molecular weight excluding hydrogens is 310 g/mol. The van der Waals surface area contributed by atoms with Crippen molar-refractivity contribution < 1.29 is 12.8 Å². The molecule has 0 fully saturated rings. The standard InChI is InChI=1S/C13H17N3O3S2/c1-4-6-16-12(11-5-7-19-10(11)2)14-15-13(16)20-8-9-21(3,17)18/h4-5,7H,1,6,8-9H2,2-3H3. The molecule has 2 aromatic heterocycles. The Bertz CT molecular complexity index is 732. The van der Waals surface area contributed by atoms with Gasteiger partial charge in [-0.15, -0.1) is 16.8 Å². The van der Waals surface area contributed by atoms with Crippen molar-refractivity contribution in [2.75, 3.05) is 17.8 Å². The Morgan fingerprint density at radius 3 is 2.81 bits per heavy atom. The van der Waals surface area contributed by atoms with Crippen molar-refractivity contribution in [3.8, 4) is 11.4 Å². The molecule has 2 heterocycles. The molecule has 0 unspecified atom stereocenters. The maximum absolute atomic E-state index is 11.2. The summed E-state index contributed by atoms with van der Waals surface area (Å²) in [6.07, 6.45) is 4.58. The fraction of sp³-hybridized carbons (Fsp3) is 0.385. The Morgan fingerprint density at radius 2 is 2.24 bits per heavy atom. The number of thioether (sulfide) groups is 1. The van der Waals surface area contributed by atoms with Crippen molar-refractivity contribution in [3.05, 3.63) is 30.7 Å². The Morgan fingerprint density at radius 1 is 1.48 bits per heavy atom. The molecule has 0 saturated carbocycles. The van der Waals surface area contributed by atoms with E-state index in [0.717, 1.165) is 11.3 Å². The minimum absolute atomic E-state index is 0.110. The molecule has 114 valence electrons. The van der Waals surface area contributed by atoms with E-state index in [9.17, 15) is 8.42 Å². The Hall–Kier alpha value is -1.54. The number of furan rings is 1. The van der Waals surface area contributed by atoms with Gasteiger partial charge in [0.05, 0.1) is 17.6 Å². The van der Waals surface area contributed by atoms with Crippen LogP contribution in [0, 0.1) is 6.92 Å². The van der Waals surface area contributed by atoms with E-state index in [1.54, 1.807) is 12.3 Å². The van der Waals surface area contributed by atoms with Gasteiger partial charge in [0.1, 0.15) is 15.6 Å². The van der Waals surface area contributed by atoms with Crippen molar-refractivity contribution in [1.29, 1.82) is 0 Å². The van der Waals surface area contributed by atoms with Gasteiger partial charge in [-0.05, 0) is 13.0 Å². The summed E-state index contributed by atoms with van der Waals surface area (Å²) in [5.74, 6) is 2.01. The van der Waals surface area contributed by atoms with Crippen LogP contribution in [0.3, 0.4) is 0 Å². The van der Waals surface area contributed by atoms with Crippen LogP contribution in [0.15, 0.2) is 34.6 Å². The van der Waals surface area contributed by atoms with E-state index in [1.807, 2.05) is 17.6 Å². The highest BCUT2D eigenvalue weighted by Gasteiger charge is 2.17.